The number of ether oxygens (including phenoxy) is 2. The Balaban J connectivity index is 2.29. The van der Waals surface area contributed by atoms with E-state index < -0.39 is 5.60 Å². The Kier molecular flexibility index (Phi) is 5.36. The zero-order valence-corrected chi connectivity index (χ0v) is 15.1. The van der Waals surface area contributed by atoms with Gasteiger partial charge in [0.1, 0.15) is 12.1 Å². The zero-order valence-electron chi connectivity index (χ0n) is 15.1. The fraction of sp³-hybridized carbons (Fsp3) is 0.556. The Hall–Kier alpha value is -2.24. The lowest BCUT2D eigenvalue weighted by Crippen LogP contribution is -2.47. The normalized spacial score (nSPS) is 14.2. The molecule has 1 aliphatic rings. The molecule has 0 saturated carbocycles. The van der Waals surface area contributed by atoms with Crippen molar-refractivity contribution in [2.45, 2.75) is 40.2 Å². The molecule has 1 heterocycles. The van der Waals surface area contributed by atoms with Gasteiger partial charge in [0, 0.05) is 13.1 Å². The second kappa shape index (κ2) is 7.11. The second-order valence-electron chi connectivity index (χ2n) is 6.80. The van der Waals surface area contributed by atoms with E-state index in [-0.39, 0.29) is 18.6 Å². The fourth-order valence-electron chi connectivity index (χ4n) is 2.73. The molecule has 0 fully saturated rings. The molecular formula is C18H26N2O4. The molecule has 0 aliphatic carbocycles. The first kappa shape index (κ1) is 18.1. The molecule has 1 aromatic carbocycles. The number of nitrogens with zero attached hydrogens (tertiary/aromatic N) is 2. The van der Waals surface area contributed by atoms with Crippen LogP contribution in [0.15, 0.2) is 18.2 Å². The quantitative estimate of drug-likeness (QED) is 0.795. The molecule has 6 nitrogen and oxygen atoms in total. The number of aryl methyl sites for hydroxylation is 1. The van der Waals surface area contributed by atoms with Crippen LogP contribution in [0, 0.1) is 6.92 Å². The van der Waals surface area contributed by atoms with Gasteiger partial charge in [-0.25, -0.2) is 4.79 Å². The zero-order chi connectivity index (χ0) is 17.9. The highest BCUT2D eigenvalue weighted by Gasteiger charge is 2.32. The number of esters is 1. The molecule has 6 heteroatoms. The summed E-state index contributed by atoms with van der Waals surface area (Å²) < 4.78 is 10.6. The minimum Gasteiger partial charge on any atom is -0.465 e. The summed E-state index contributed by atoms with van der Waals surface area (Å²) in [4.78, 5) is 28.0. The van der Waals surface area contributed by atoms with E-state index in [0.717, 1.165) is 16.9 Å². The summed E-state index contributed by atoms with van der Waals surface area (Å²) in [5.41, 5.74) is 2.05. The van der Waals surface area contributed by atoms with Crippen molar-refractivity contribution < 1.29 is 19.1 Å². The van der Waals surface area contributed by atoms with Crippen LogP contribution in [0.3, 0.4) is 0 Å². The van der Waals surface area contributed by atoms with Gasteiger partial charge in [0.2, 0.25) is 0 Å². The number of amides is 1. The summed E-state index contributed by atoms with van der Waals surface area (Å²) in [7, 11) is 0. The highest BCUT2D eigenvalue weighted by molar-refractivity contribution is 5.96. The number of hydrogen-bond acceptors (Lipinski definition) is 5. The Bertz CT molecular complexity index is 622. The van der Waals surface area contributed by atoms with Gasteiger partial charge in [-0.05, 0) is 46.2 Å². The molecule has 1 amide bonds. The third-order valence-electron chi connectivity index (χ3n) is 3.66. The molecule has 0 saturated heterocycles. The number of anilines is 2. The largest absolute Gasteiger partial charge is 0.465 e. The van der Waals surface area contributed by atoms with Crippen LogP contribution in [-0.2, 0) is 14.3 Å². The van der Waals surface area contributed by atoms with E-state index >= 15 is 0 Å². The molecule has 0 aromatic heterocycles. The van der Waals surface area contributed by atoms with Gasteiger partial charge in [-0.3, -0.25) is 9.69 Å². The summed E-state index contributed by atoms with van der Waals surface area (Å²) in [5.74, 6) is -0.268. The minimum absolute atomic E-state index is 0.173. The summed E-state index contributed by atoms with van der Waals surface area (Å²) in [6, 6.07) is 5.78. The molecule has 0 bridgehead atoms. The number of carbonyl (C=O) groups is 2. The van der Waals surface area contributed by atoms with Crippen LogP contribution in [0.2, 0.25) is 0 Å². The lowest BCUT2D eigenvalue weighted by molar-refractivity contribution is -0.141. The van der Waals surface area contributed by atoms with E-state index in [9.17, 15) is 9.59 Å². The van der Waals surface area contributed by atoms with E-state index in [2.05, 4.69) is 0 Å². The maximum Gasteiger partial charge on any atom is 0.414 e. The molecule has 1 aliphatic heterocycles. The van der Waals surface area contributed by atoms with Crippen molar-refractivity contribution in [3.05, 3.63) is 23.8 Å². The molecule has 0 unspecified atom stereocenters. The number of benzene rings is 1. The van der Waals surface area contributed by atoms with Crippen LogP contribution in [0.4, 0.5) is 16.2 Å². The first-order valence-corrected chi connectivity index (χ1v) is 8.23. The average Bonchev–Trinajstić information content (AvgIpc) is 2.46. The van der Waals surface area contributed by atoms with Crippen molar-refractivity contribution in [2.75, 3.05) is 36.0 Å². The van der Waals surface area contributed by atoms with Crippen molar-refractivity contribution in [1.29, 1.82) is 0 Å². The molecule has 0 radical (unpaired) electrons. The Morgan fingerprint density at radius 2 is 1.92 bits per heavy atom. The topological polar surface area (TPSA) is 59.1 Å². The van der Waals surface area contributed by atoms with E-state index in [0.29, 0.717) is 19.7 Å². The number of para-hydroxylation sites is 1. The Morgan fingerprint density at radius 3 is 2.54 bits per heavy atom. The van der Waals surface area contributed by atoms with E-state index in [1.165, 1.54) is 0 Å². The number of rotatable bonds is 3. The molecule has 0 N–H and O–H groups in total. The summed E-state index contributed by atoms with van der Waals surface area (Å²) in [6.07, 6.45) is -0.367. The van der Waals surface area contributed by atoms with Crippen molar-refractivity contribution in [2.24, 2.45) is 0 Å². The van der Waals surface area contributed by atoms with Gasteiger partial charge < -0.3 is 14.4 Å². The lowest BCUT2D eigenvalue weighted by Gasteiger charge is -2.38. The maximum atomic E-state index is 12.6. The molecule has 2 rings (SSSR count). The minimum atomic E-state index is -0.554. The van der Waals surface area contributed by atoms with Crippen molar-refractivity contribution in [3.8, 4) is 0 Å². The first-order chi connectivity index (χ1) is 11.2. The Labute approximate surface area is 143 Å². The SMILES string of the molecule is CCOC(=O)CN1CCN(C(=O)OC(C)(C)C)c2c(C)cccc21. The van der Waals surface area contributed by atoms with Crippen LogP contribution >= 0.6 is 0 Å². The average molecular weight is 334 g/mol. The maximum absolute atomic E-state index is 12.6. The van der Waals surface area contributed by atoms with Crippen LogP contribution < -0.4 is 9.80 Å². The molecule has 0 spiro atoms. The summed E-state index contributed by atoms with van der Waals surface area (Å²) in [5, 5.41) is 0. The standard InChI is InChI=1S/C18H26N2O4/c1-6-23-15(21)12-19-10-11-20(17(22)24-18(3,4)5)16-13(2)8-7-9-14(16)19/h7-9H,6,10-12H2,1-5H3. The molecule has 132 valence electrons. The van der Waals surface area contributed by atoms with Gasteiger partial charge in [0.25, 0.3) is 0 Å². The monoisotopic (exact) mass is 334 g/mol. The van der Waals surface area contributed by atoms with Gasteiger partial charge >= 0.3 is 12.1 Å². The van der Waals surface area contributed by atoms with Crippen LogP contribution in [0.1, 0.15) is 33.3 Å². The van der Waals surface area contributed by atoms with Crippen LogP contribution in [0.25, 0.3) is 0 Å². The highest BCUT2D eigenvalue weighted by Crippen LogP contribution is 2.36. The van der Waals surface area contributed by atoms with Crippen LogP contribution in [0.5, 0.6) is 0 Å². The molecule has 24 heavy (non-hydrogen) atoms. The third-order valence-corrected chi connectivity index (χ3v) is 3.66. The van der Waals surface area contributed by atoms with E-state index in [1.807, 2.05) is 50.8 Å². The first-order valence-electron chi connectivity index (χ1n) is 8.23. The van der Waals surface area contributed by atoms with E-state index in [1.54, 1.807) is 11.8 Å². The van der Waals surface area contributed by atoms with Gasteiger partial charge in [-0.2, -0.15) is 0 Å². The summed E-state index contributed by atoms with van der Waals surface area (Å²) >= 11 is 0. The van der Waals surface area contributed by atoms with Gasteiger partial charge in [0.05, 0.1) is 18.0 Å². The third kappa shape index (κ3) is 4.19. The lowest BCUT2D eigenvalue weighted by atomic mass is 10.1. The molecule has 0 atom stereocenters. The predicted molar refractivity (Wildman–Crippen MR) is 93.6 cm³/mol. The fourth-order valence-corrected chi connectivity index (χ4v) is 2.73. The number of carbonyl (C=O) groups excluding carboxylic acids is 2. The van der Waals surface area contributed by atoms with Gasteiger partial charge in [-0.1, -0.05) is 12.1 Å². The predicted octanol–water partition coefficient (Wildman–Crippen LogP) is 3.12. The number of hydrogen-bond donors (Lipinski definition) is 0. The second-order valence-corrected chi connectivity index (χ2v) is 6.80. The van der Waals surface area contributed by atoms with Crippen LogP contribution in [-0.4, -0.2) is 43.9 Å². The van der Waals surface area contributed by atoms with Gasteiger partial charge in [0.15, 0.2) is 0 Å². The highest BCUT2D eigenvalue weighted by atomic mass is 16.6. The van der Waals surface area contributed by atoms with Crippen molar-refractivity contribution in [3.63, 3.8) is 0 Å². The smallest absolute Gasteiger partial charge is 0.414 e. The van der Waals surface area contributed by atoms with E-state index in [4.69, 9.17) is 9.47 Å². The van der Waals surface area contributed by atoms with Crippen molar-refractivity contribution in [1.82, 2.24) is 0 Å². The van der Waals surface area contributed by atoms with Gasteiger partial charge in [-0.15, -0.1) is 0 Å². The number of fused-ring (bicyclic) bond motifs is 1. The van der Waals surface area contributed by atoms with Crippen molar-refractivity contribution >= 4 is 23.4 Å². The summed E-state index contributed by atoms with van der Waals surface area (Å²) in [6.45, 7) is 10.8. The molecular weight excluding hydrogens is 308 g/mol. The Morgan fingerprint density at radius 1 is 1.21 bits per heavy atom. The molecule has 1 aromatic rings.